The Morgan fingerprint density at radius 1 is 1.03 bits per heavy atom. The van der Waals surface area contributed by atoms with Crippen LogP contribution < -0.4 is 4.90 Å². The van der Waals surface area contributed by atoms with Crippen molar-refractivity contribution in [3.8, 4) is 5.82 Å². The lowest BCUT2D eigenvalue weighted by molar-refractivity contribution is -0.131. The summed E-state index contributed by atoms with van der Waals surface area (Å²) in [5, 5.41) is 0.707. The van der Waals surface area contributed by atoms with Crippen molar-refractivity contribution in [1.29, 1.82) is 0 Å². The zero-order chi connectivity index (χ0) is 21.1. The average Bonchev–Trinajstić information content (AvgIpc) is 3.11. The fourth-order valence-electron chi connectivity index (χ4n) is 3.66. The number of imidazole rings is 1. The molecule has 2 aromatic heterocycles. The Bertz CT molecular complexity index is 1040. The molecule has 0 unspecified atom stereocenters. The number of halogens is 1. The second-order valence-corrected chi connectivity index (χ2v) is 7.95. The van der Waals surface area contributed by atoms with Gasteiger partial charge in [0.1, 0.15) is 24.3 Å². The molecular weight excluding hydrogens is 400 g/mol. The summed E-state index contributed by atoms with van der Waals surface area (Å²) in [6.07, 6.45) is 4.57. The molecule has 0 radical (unpaired) electrons. The molecule has 0 N–H and O–H groups in total. The van der Waals surface area contributed by atoms with Crippen molar-refractivity contribution >= 4 is 23.3 Å². The second-order valence-electron chi connectivity index (χ2n) is 7.52. The van der Waals surface area contributed by atoms with Crippen molar-refractivity contribution < 1.29 is 4.79 Å². The number of anilines is 1. The lowest BCUT2D eigenvalue weighted by Gasteiger charge is -2.35. The van der Waals surface area contributed by atoms with Gasteiger partial charge < -0.3 is 9.80 Å². The smallest absolute Gasteiger partial charge is 0.223 e. The number of nitrogens with zero attached hydrogens (tertiary/aromatic N) is 6. The maximum Gasteiger partial charge on any atom is 0.223 e. The fraction of sp³-hybridized carbons (Fsp3) is 0.364. The molecule has 7 nitrogen and oxygen atoms in total. The predicted molar refractivity (Wildman–Crippen MR) is 117 cm³/mol. The highest BCUT2D eigenvalue weighted by atomic mass is 35.5. The summed E-state index contributed by atoms with van der Waals surface area (Å²) in [5.41, 5.74) is 3.14. The number of hydrogen-bond acceptors (Lipinski definition) is 5. The van der Waals surface area contributed by atoms with Crippen LogP contribution in [-0.2, 0) is 11.2 Å². The predicted octanol–water partition coefficient (Wildman–Crippen LogP) is 3.21. The molecule has 8 heteroatoms. The lowest BCUT2D eigenvalue weighted by atomic mass is 10.1. The van der Waals surface area contributed by atoms with Gasteiger partial charge in [0.05, 0.1) is 5.69 Å². The summed E-state index contributed by atoms with van der Waals surface area (Å²) >= 11 is 6.03. The van der Waals surface area contributed by atoms with Crippen LogP contribution in [0.1, 0.15) is 23.4 Å². The van der Waals surface area contributed by atoms with Gasteiger partial charge in [0.15, 0.2) is 0 Å². The summed E-state index contributed by atoms with van der Waals surface area (Å²) < 4.78 is 1.97. The SMILES string of the molecule is Cc1ncn(-c2cc(N3CCN(C(=O)CCc4cccc(Cl)c4)CC3)ncn2)c1C. The third-order valence-electron chi connectivity index (χ3n) is 5.61. The van der Waals surface area contributed by atoms with Crippen LogP contribution in [0.5, 0.6) is 0 Å². The first-order valence-corrected chi connectivity index (χ1v) is 10.5. The lowest BCUT2D eigenvalue weighted by Crippen LogP contribution is -2.49. The first-order chi connectivity index (χ1) is 14.5. The van der Waals surface area contributed by atoms with Crippen LogP contribution in [-0.4, -0.2) is 56.5 Å². The van der Waals surface area contributed by atoms with E-state index in [1.165, 1.54) is 0 Å². The minimum Gasteiger partial charge on any atom is -0.353 e. The van der Waals surface area contributed by atoms with Crippen LogP contribution in [0.4, 0.5) is 5.82 Å². The van der Waals surface area contributed by atoms with Crippen molar-refractivity contribution in [2.45, 2.75) is 26.7 Å². The molecular formula is C22H25ClN6O. The maximum atomic E-state index is 12.6. The molecule has 1 amide bonds. The maximum absolute atomic E-state index is 12.6. The summed E-state index contributed by atoms with van der Waals surface area (Å²) in [4.78, 5) is 29.9. The number of benzene rings is 1. The molecule has 0 bridgehead atoms. The molecule has 1 aliphatic heterocycles. The van der Waals surface area contributed by atoms with E-state index in [2.05, 4.69) is 19.9 Å². The minimum atomic E-state index is 0.183. The molecule has 1 saturated heterocycles. The van der Waals surface area contributed by atoms with E-state index in [1.54, 1.807) is 12.7 Å². The number of piperazine rings is 1. The highest BCUT2D eigenvalue weighted by Gasteiger charge is 2.22. The molecule has 0 atom stereocenters. The molecule has 1 fully saturated rings. The van der Waals surface area contributed by atoms with Gasteiger partial charge in [-0.05, 0) is 38.0 Å². The van der Waals surface area contributed by atoms with Crippen LogP contribution >= 0.6 is 11.6 Å². The van der Waals surface area contributed by atoms with Crippen LogP contribution in [0.25, 0.3) is 5.82 Å². The largest absolute Gasteiger partial charge is 0.353 e. The van der Waals surface area contributed by atoms with E-state index in [-0.39, 0.29) is 5.91 Å². The van der Waals surface area contributed by atoms with Gasteiger partial charge in [0, 0.05) is 49.4 Å². The summed E-state index contributed by atoms with van der Waals surface area (Å²) in [5.74, 6) is 1.86. The minimum absolute atomic E-state index is 0.183. The molecule has 4 rings (SSSR count). The van der Waals surface area contributed by atoms with E-state index in [1.807, 2.05) is 53.6 Å². The average molecular weight is 425 g/mol. The molecule has 1 aromatic carbocycles. The van der Waals surface area contributed by atoms with E-state index in [0.29, 0.717) is 31.0 Å². The van der Waals surface area contributed by atoms with E-state index in [9.17, 15) is 4.79 Å². The zero-order valence-electron chi connectivity index (χ0n) is 17.3. The van der Waals surface area contributed by atoms with Crippen molar-refractivity contribution in [3.05, 3.63) is 65.0 Å². The van der Waals surface area contributed by atoms with Crippen molar-refractivity contribution in [3.63, 3.8) is 0 Å². The quantitative estimate of drug-likeness (QED) is 0.629. The first kappa shape index (κ1) is 20.3. The Kier molecular flexibility index (Phi) is 5.99. The zero-order valence-corrected chi connectivity index (χ0v) is 18.0. The first-order valence-electron chi connectivity index (χ1n) is 10.1. The normalized spacial score (nSPS) is 14.2. The van der Waals surface area contributed by atoms with E-state index in [0.717, 1.165) is 41.7 Å². The van der Waals surface area contributed by atoms with Crippen LogP contribution in [0.15, 0.2) is 43.0 Å². The van der Waals surface area contributed by atoms with Gasteiger partial charge in [-0.25, -0.2) is 15.0 Å². The van der Waals surface area contributed by atoms with Gasteiger partial charge in [-0.2, -0.15) is 0 Å². The number of carbonyl (C=O) groups is 1. The Morgan fingerprint density at radius 2 is 1.80 bits per heavy atom. The monoisotopic (exact) mass is 424 g/mol. The number of aromatic nitrogens is 4. The number of amides is 1. The number of aryl methyl sites for hydroxylation is 2. The summed E-state index contributed by atoms with van der Waals surface area (Å²) in [6.45, 7) is 6.89. The molecule has 1 aliphatic rings. The molecule has 3 aromatic rings. The summed E-state index contributed by atoms with van der Waals surface area (Å²) in [6, 6.07) is 9.67. The van der Waals surface area contributed by atoms with Crippen molar-refractivity contribution in [2.75, 3.05) is 31.1 Å². The van der Waals surface area contributed by atoms with Crippen LogP contribution in [0.3, 0.4) is 0 Å². The highest BCUT2D eigenvalue weighted by molar-refractivity contribution is 6.30. The number of hydrogen-bond donors (Lipinski definition) is 0. The molecule has 0 spiro atoms. The molecule has 0 saturated carbocycles. The molecule has 0 aliphatic carbocycles. The molecule has 156 valence electrons. The van der Waals surface area contributed by atoms with Crippen LogP contribution in [0, 0.1) is 13.8 Å². The Morgan fingerprint density at radius 3 is 2.50 bits per heavy atom. The Labute approximate surface area is 181 Å². The van der Waals surface area contributed by atoms with E-state index >= 15 is 0 Å². The van der Waals surface area contributed by atoms with Crippen LogP contribution in [0.2, 0.25) is 5.02 Å². The fourth-order valence-corrected chi connectivity index (χ4v) is 3.87. The van der Waals surface area contributed by atoms with Gasteiger partial charge in [-0.15, -0.1) is 0 Å². The summed E-state index contributed by atoms with van der Waals surface area (Å²) in [7, 11) is 0. The Balaban J connectivity index is 1.35. The number of carbonyl (C=O) groups excluding carboxylic acids is 1. The van der Waals surface area contributed by atoms with Gasteiger partial charge in [0.25, 0.3) is 0 Å². The third-order valence-corrected chi connectivity index (χ3v) is 5.84. The topological polar surface area (TPSA) is 67.2 Å². The second kappa shape index (κ2) is 8.83. The number of rotatable bonds is 5. The van der Waals surface area contributed by atoms with E-state index < -0.39 is 0 Å². The highest BCUT2D eigenvalue weighted by Crippen LogP contribution is 2.19. The van der Waals surface area contributed by atoms with Gasteiger partial charge in [-0.3, -0.25) is 9.36 Å². The van der Waals surface area contributed by atoms with Gasteiger partial charge in [-0.1, -0.05) is 23.7 Å². The van der Waals surface area contributed by atoms with E-state index in [4.69, 9.17) is 11.6 Å². The van der Waals surface area contributed by atoms with Gasteiger partial charge >= 0.3 is 0 Å². The Hall–Kier alpha value is -2.93. The van der Waals surface area contributed by atoms with Gasteiger partial charge in [0.2, 0.25) is 5.91 Å². The van der Waals surface area contributed by atoms with Crippen molar-refractivity contribution in [1.82, 2.24) is 24.4 Å². The molecule has 30 heavy (non-hydrogen) atoms. The standard InChI is InChI=1S/C22H25ClN6O/c1-16-17(2)29(15-26-16)21-13-20(24-14-25-21)27-8-10-28(11-9-27)22(30)7-6-18-4-3-5-19(23)12-18/h3-5,12-15H,6-11H2,1-2H3. The van der Waals surface area contributed by atoms with Crippen molar-refractivity contribution in [2.24, 2.45) is 0 Å². The molecule has 3 heterocycles. The third kappa shape index (κ3) is 4.46.